The van der Waals surface area contributed by atoms with E-state index in [-0.39, 0.29) is 17.9 Å². The van der Waals surface area contributed by atoms with Crippen molar-refractivity contribution in [3.63, 3.8) is 0 Å². The second-order valence-corrected chi connectivity index (χ2v) is 8.32. The molecule has 0 aliphatic carbocycles. The number of carbonyl (C=O) groups is 2. The third-order valence-corrected chi connectivity index (χ3v) is 6.10. The minimum absolute atomic E-state index is 0.0729. The van der Waals surface area contributed by atoms with Crippen LogP contribution < -0.4 is 15.6 Å². The number of carbonyl (C=O) groups excluding carboxylic acids is 2. The topological polar surface area (TPSA) is 104 Å². The summed E-state index contributed by atoms with van der Waals surface area (Å²) in [6.45, 7) is 1.97. The molecule has 5 aromatic rings. The molecule has 37 heavy (non-hydrogen) atoms. The van der Waals surface area contributed by atoms with Crippen molar-refractivity contribution < 1.29 is 19.1 Å². The van der Waals surface area contributed by atoms with Crippen molar-refractivity contribution in [3.05, 3.63) is 94.4 Å². The number of nitrogens with zero attached hydrogens (tertiary/aromatic N) is 3. The van der Waals surface area contributed by atoms with Gasteiger partial charge in [0.1, 0.15) is 11.3 Å². The van der Waals surface area contributed by atoms with E-state index < -0.39 is 11.9 Å². The molecule has 0 fully saturated rings. The smallest absolute Gasteiger partial charge is 0.338 e. The number of hydrogen-bond acceptors (Lipinski definition) is 6. The lowest BCUT2D eigenvalue weighted by molar-refractivity contribution is 0.0526. The Kier molecular flexibility index (Phi) is 6.19. The van der Waals surface area contributed by atoms with Gasteiger partial charge in [-0.15, -0.1) is 0 Å². The highest BCUT2D eigenvalue weighted by atomic mass is 16.5. The minimum atomic E-state index is -0.523. The molecule has 0 radical (unpaired) electrons. The third kappa shape index (κ3) is 4.20. The highest BCUT2D eigenvalue weighted by molar-refractivity contribution is 6.19. The molecule has 5 rings (SSSR count). The van der Waals surface area contributed by atoms with Gasteiger partial charge in [-0.3, -0.25) is 9.59 Å². The number of rotatable bonds is 6. The van der Waals surface area contributed by atoms with Crippen LogP contribution in [0.2, 0.25) is 0 Å². The van der Waals surface area contributed by atoms with Crippen molar-refractivity contribution in [2.75, 3.05) is 19.0 Å². The summed E-state index contributed by atoms with van der Waals surface area (Å²) < 4.78 is 13.3. The normalized spacial score (nSPS) is 11.0. The summed E-state index contributed by atoms with van der Waals surface area (Å²) in [4.78, 5) is 39.5. The monoisotopic (exact) mass is 496 g/mol. The van der Waals surface area contributed by atoms with Crippen molar-refractivity contribution in [1.82, 2.24) is 14.3 Å². The van der Waals surface area contributed by atoms with Crippen LogP contribution >= 0.6 is 0 Å². The van der Waals surface area contributed by atoms with Crippen LogP contribution in [-0.4, -0.2) is 39.9 Å². The van der Waals surface area contributed by atoms with Gasteiger partial charge in [-0.1, -0.05) is 24.3 Å². The van der Waals surface area contributed by atoms with Crippen LogP contribution in [0.5, 0.6) is 5.75 Å². The molecular formula is C28H24N4O5. The van der Waals surface area contributed by atoms with Crippen molar-refractivity contribution >= 4 is 39.4 Å². The van der Waals surface area contributed by atoms with Crippen molar-refractivity contribution in [1.29, 1.82) is 0 Å². The van der Waals surface area contributed by atoms with Gasteiger partial charge in [0.2, 0.25) is 0 Å². The molecule has 186 valence electrons. The predicted octanol–water partition coefficient (Wildman–Crippen LogP) is 4.32. The molecule has 0 spiro atoms. The fourth-order valence-electron chi connectivity index (χ4n) is 4.37. The zero-order chi connectivity index (χ0) is 26.1. The Morgan fingerprint density at radius 1 is 1.00 bits per heavy atom. The molecule has 9 nitrogen and oxygen atoms in total. The molecule has 0 saturated heterocycles. The van der Waals surface area contributed by atoms with Crippen LogP contribution in [0.1, 0.15) is 27.8 Å². The van der Waals surface area contributed by atoms with E-state index in [1.165, 1.54) is 10.7 Å². The number of aryl methyl sites for hydroxylation is 1. The number of fused-ring (bicyclic) bond motifs is 3. The van der Waals surface area contributed by atoms with Gasteiger partial charge >= 0.3 is 5.97 Å². The molecule has 3 aromatic carbocycles. The molecule has 0 aliphatic heterocycles. The van der Waals surface area contributed by atoms with E-state index in [4.69, 9.17) is 9.47 Å². The standard InChI is InChI=1S/C28H24N4O5/c1-4-37-28(35)17-8-7-9-18(16-17)29-26(33)24-23-21-10-5-6-11-22(21)31(2)25(23)27(34)32(30-24)19-12-14-20(36-3)15-13-19/h5-16H,4H2,1-3H3,(H,29,33). The SMILES string of the molecule is CCOC(=O)c1cccc(NC(=O)c2nn(-c3ccc(OC)cc3)c(=O)c3c2c2ccccc2n3C)c1. The summed E-state index contributed by atoms with van der Waals surface area (Å²) >= 11 is 0. The Hall–Kier alpha value is -4.92. The van der Waals surface area contributed by atoms with Gasteiger partial charge in [0, 0.05) is 29.0 Å². The molecule has 1 amide bonds. The van der Waals surface area contributed by atoms with Crippen LogP contribution in [0.25, 0.3) is 27.5 Å². The summed E-state index contributed by atoms with van der Waals surface area (Å²) in [6, 6.07) is 20.8. The largest absolute Gasteiger partial charge is 0.497 e. The fourth-order valence-corrected chi connectivity index (χ4v) is 4.37. The zero-order valence-corrected chi connectivity index (χ0v) is 20.5. The maximum Gasteiger partial charge on any atom is 0.338 e. The lowest BCUT2D eigenvalue weighted by Crippen LogP contribution is -2.27. The van der Waals surface area contributed by atoms with Crippen LogP contribution in [0.4, 0.5) is 5.69 Å². The summed E-state index contributed by atoms with van der Waals surface area (Å²) in [5.41, 5.74) is 2.04. The molecule has 1 N–H and O–H groups in total. The lowest BCUT2D eigenvalue weighted by atomic mass is 10.1. The first-order chi connectivity index (χ1) is 17.9. The van der Waals surface area contributed by atoms with Gasteiger partial charge in [-0.05, 0) is 55.5 Å². The molecule has 2 heterocycles. The van der Waals surface area contributed by atoms with Gasteiger partial charge in [-0.2, -0.15) is 9.78 Å². The van der Waals surface area contributed by atoms with E-state index in [1.54, 1.807) is 68.1 Å². The maximum absolute atomic E-state index is 13.7. The van der Waals surface area contributed by atoms with Gasteiger partial charge in [0.05, 0.1) is 25.0 Å². The van der Waals surface area contributed by atoms with Crippen LogP contribution in [0.15, 0.2) is 77.6 Å². The maximum atomic E-state index is 13.7. The van der Waals surface area contributed by atoms with Gasteiger partial charge in [0.25, 0.3) is 11.5 Å². The van der Waals surface area contributed by atoms with E-state index in [2.05, 4.69) is 10.4 Å². The summed E-state index contributed by atoms with van der Waals surface area (Å²) in [7, 11) is 3.34. The molecule has 2 aromatic heterocycles. The molecule has 0 atom stereocenters. The molecule has 0 aliphatic rings. The first kappa shape index (κ1) is 23.8. The second kappa shape index (κ2) is 9.62. The van der Waals surface area contributed by atoms with E-state index >= 15 is 0 Å². The number of para-hydroxylation sites is 1. The Balaban J connectivity index is 1.69. The summed E-state index contributed by atoms with van der Waals surface area (Å²) in [5, 5.41) is 8.53. The van der Waals surface area contributed by atoms with E-state index in [0.29, 0.717) is 33.6 Å². The number of benzene rings is 3. The van der Waals surface area contributed by atoms with Crippen LogP contribution in [0.3, 0.4) is 0 Å². The Bertz CT molecular complexity index is 1720. The Morgan fingerprint density at radius 2 is 1.76 bits per heavy atom. The number of nitrogens with one attached hydrogen (secondary N) is 1. The first-order valence-electron chi connectivity index (χ1n) is 11.7. The third-order valence-electron chi connectivity index (χ3n) is 6.10. The first-order valence-corrected chi connectivity index (χ1v) is 11.7. The number of aromatic nitrogens is 3. The van der Waals surface area contributed by atoms with Gasteiger partial charge in [-0.25, -0.2) is 4.79 Å². The van der Waals surface area contributed by atoms with Crippen molar-refractivity contribution in [2.24, 2.45) is 7.05 Å². The number of ether oxygens (including phenoxy) is 2. The number of anilines is 1. The van der Waals surface area contributed by atoms with Crippen molar-refractivity contribution in [2.45, 2.75) is 6.92 Å². The zero-order valence-electron chi connectivity index (χ0n) is 20.5. The van der Waals surface area contributed by atoms with E-state index in [0.717, 1.165) is 10.9 Å². The molecular weight excluding hydrogens is 472 g/mol. The number of esters is 1. The molecule has 0 bridgehead atoms. The van der Waals surface area contributed by atoms with Crippen LogP contribution in [0, 0.1) is 0 Å². The molecule has 0 unspecified atom stereocenters. The average molecular weight is 497 g/mol. The summed E-state index contributed by atoms with van der Waals surface area (Å²) in [6.07, 6.45) is 0. The van der Waals surface area contributed by atoms with Crippen LogP contribution in [-0.2, 0) is 11.8 Å². The predicted molar refractivity (Wildman–Crippen MR) is 141 cm³/mol. The fraction of sp³-hybridized carbons (Fsp3) is 0.143. The number of amides is 1. The molecule has 9 heteroatoms. The lowest BCUT2D eigenvalue weighted by Gasteiger charge is -2.11. The van der Waals surface area contributed by atoms with E-state index in [9.17, 15) is 14.4 Å². The second-order valence-electron chi connectivity index (χ2n) is 8.32. The van der Waals surface area contributed by atoms with Crippen molar-refractivity contribution in [3.8, 4) is 11.4 Å². The Labute approximate surface area is 211 Å². The van der Waals surface area contributed by atoms with E-state index in [1.807, 2.05) is 24.3 Å². The minimum Gasteiger partial charge on any atom is -0.497 e. The number of hydrogen-bond donors (Lipinski definition) is 1. The quantitative estimate of drug-likeness (QED) is 0.351. The molecule has 0 saturated carbocycles. The number of methoxy groups -OCH3 is 1. The van der Waals surface area contributed by atoms with Gasteiger partial charge < -0.3 is 19.4 Å². The average Bonchev–Trinajstić information content (AvgIpc) is 3.22. The highest BCUT2D eigenvalue weighted by Gasteiger charge is 2.24. The Morgan fingerprint density at radius 3 is 2.49 bits per heavy atom. The summed E-state index contributed by atoms with van der Waals surface area (Å²) in [5.74, 6) is -0.382. The highest BCUT2D eigenvalue weighted by Crippen LogP contribution is 2.29. The van der Waals surface area contributed by atoms with Gasteiger partial charge in [0.15, 0.2) is 5.69 Å².